The van der Waals surface area contributed by atoms with Crippen LogP contribution in [-0.2, 0) is 11.3 Å². The lowest BCUT2D eigenvalue weighted by Crippen LogP contribution is -2.43. The van der Waals surface area contributed by atoms with Crippen LogP contribution in [0.4, 0.5) is 0 Å². The Labute approximate surface area is 146 Å². The predicted molar refractivity (Wildman–Crippen MR) is 97.6 cm³/mol. The lowest BCUT2D eigenvalue weighted by Gasteiger charge is -2.21. The van der Waals surface area contributed by atoms with Crippen LogP contribution < -0.4 is 20.1 Å². The van der Waals surface area contributed by atoms with Crippen LogP contribution >= 0.6 is 0 Å². The molecule has 0 saturated carbocycles. The van der Waals surface area contributed by atoms with Crippen molar-refractivity contribution in [3.63, 3.8) is 0 Å². The molecule has 0 aliphatic heterocycles. The molecule has 0 spiro atoms. The van der Waals surface area contributed by atoms with Crippen LogP contribution in [-0.4, -0.2) is 30.7 Å². The van der Waals surface area contributed by atoms with Gasteiger partial charge in [-0.25, -0.2) is 0 Å². The van der Waals surface area contributed by atoms with Crippen LogP contribution in [0.1, 0.15) is 53.5 Å². The number of rotatable bonds is 9. The number of carbonyl (C=O) groups excluding carboxylic acids is 1. The van der Waals surface area contributed by atoms with Gasteiger partial charge >= 0.3 is 0 Å². The lowest BCUT2D eigenvalue weighted by molar-refractivity contribution is -0.124. The molecular weight excluding hydrogens is 304 g/mol. The highest BCUT2D eigenvalue weighted by Crippen LogP contribution is 2.28. The molecule has 0 heterocycles. The Hall–Kier alpha value is -1.75. The van der Waals surface area contributed by atoms with Gasteiger partial charge in [-0.3, -0.25) is 4.79 Å². The molecule has 2 N–H and O–H groups in total. The highest BCUT2D eigenvalue weighted by Gasteiger charge is 2.15. The second-order valence-corrected chi connectivity index (χ2v) is 6.99. The fourth-order valence-electron chi connectivity index (χ4n) is 2.08. The Kier molecular flexibility index (Phi) is 8.05. The Morgan fingerprint density at radius 2 is 1.88 bits per heavy atom. The molecule has 24 heavy (non-hydrogen) atoms. The van der Waals surface area contributed by atoms with Gasteiger partial charge in [-0.1, -0.05) is 13.0 Å². The van der Waals surface area contributed by atoms with Gasteiger partial charge in [-0.15, -0.1) is 0 Å². The van der Waals surface area contributed by atoms with Crippen LogP contribution in [0.3, 0.4) is 0 Å². The zero-order valence-electron chi connectivity index (χ0n) is 15.9. The van der Waals surface area contributed by atoms with Crippen molar-refractivity contribution in [2.75, 3.05) is 13.2 Å². The Morgan fingerprint density at radius 1 is 1.17 bits per heavy atom. The molecule has 5 nitrogen and oxygen atoms in total. The minimum atomic E-state index is -0.269. The molecule has 0 radical (unpaired) electrons. The molecule has 1 rings (SSSR count). The number of ether oxygens (including phenoxy) is 2. The molecule has 0 aromatic heterocycles. The second-order valence-electron chi connectivity index (χ2n) is 6.99. The van der Waals surface area contributed by atoms with E-state index in [2.05, 4.69) is 24.5 Å². The zero-order chi connectivity index (χ0) is 18.2. The molecule has 1 amide bonds. The Morgan fingerprint density at radius 3 is 2.46 bits per heavy atom. The van der Waals surface area contributed by atoms with E-state index in [-0.39, 0.29) is 18.1 Å². The van der Waals surface area contributed by atoms with Gasteiger partial charge in [0.25, 0.3) is 5.91 Å². The molecule has 0 saturated heterocycles. The molecule has 1 atom stereocenters. The average Bonchev–Trinajstić information content (AvgIpc) is 2.50. The fraction of sp³-hybridized carbons (Fsp3) is 0.632. The van der Waals surface area contributed by atoms with E-state index in [1.807, 2.05) is 45.9 Å². The van der Waals surface area contributed by atoms with Gasteiger partial charge in [0.15, 0.2) is 18.1 Å². The number of carbonyl (C=O) groups is 1. The number of hydrogen-bond donors (Lipinski definition) is 2. The van der Waals surface area contributed by atoms with Crippen molar-refractivity contribution in [1.82, 2.24) is 10.6 Å². The van der Waals surface area contributed by atoms with Crippen molar-refractivity contribution in [3.05, 3.63) is 23.8 Å². The molecule has 0 bridgehead atoms. The summed E-state index contributed by atoms with van der Waals surface area (Å²) in [6.45, 7) is 13.4. The van der Waals surface area contributed by atoms with Crippen molar-refractivity contribution < 1.29 is 14.3 Å². The smallest absolute Gasteiger partial charge is 0.258 e. The van der Waals surface area contributed by atoms with Gasteiger partial charge < -0.3 is 20.1 Å². The maximum Gasteiger partial charge on any atom is 0.258 e. The van der Waals surface area contributed by atoms with E-state index in [0.717, 1.165) is 18.5 Å². The third-order valence-corrected chi connectivity index (χ3v) is 3.45. The molecular formula is C19H32N2O3. The molecule has 136 valence electrons. The minimum Gasteiger partial charge on any atom is -0.490 e. The SMILES string of the molecule is CCOc1cc(CN[C@H](C)CC)ccc1OCC(=O)NC(C)(C)C. The summed E-state index contributed by atoms with van der Waals surface area (Å²) >= 11 is 0. The zero-order valence-corrected chi connectivity index (χ0v) is 15.9. The highest BCUT2D eigenvalue weighted by atomic mass is 16.5. The monoisotopic (exact) mass is 336 g/mol. The number of amides is 1. The van der Waals surface area contributed by atoms with Gasteiger partial charge in [0.1, 0.15) is 0 Å². The first-order valence-electron chi connectivity index (χ1n) is 8.68. The van der Waals surface area contributed by atoms with Crippen molar-refractivity contribution in [3.8, 4) is 11.5 Å². The van der Waals surface area contributed by atoms with Crippen LogP contribution in [0.25, 0.3) is 0 Å². The predicted octanol–water partition coefficient (Wildman–Crippen LogP) is 3.27. The number of hydrogen-bond acceptors (Lipinski definition) is 4. The third kappa shape index (κ3) is 7.68. The molecule has 0 fully saturated rings. The van der Waals surface area contributed by atoms with E-state index in [0.29, 0.717) is 24.1 Å². The topological polar surface area (TPSA) is 59.6 Å². The van der Waals surface area contributed by atoms with Crippen LogP contribution in [0.2, 0.25) is 0 Å². The fourth-order valence-corrected chi connectivity index (χ4v) is 2.08. The van der Waals surface area contributed by atoms with Crippen molar-refractivity contribution >= 4 is 5.91 Å². The maximum absolute atomic E-state index is 11.9. The summed E-state index contributed by atoms with van der Waals surface area (Å²) in [7, 11) is 0. The van der Waals surface area contributed by atoms with Crippen LogP contribution in [0, 0.1) is 0 Å². The van der Waals surface area contributed by atoms with Crippen molar-refractivity contribution in [1.29, 1.82) is 0 Å². The lowest BCUT2D eigenvalue weighted by atomic mass is 10.1. The van der Waals surface area contributed by atoms with Crippen molar-refractivity contribution in [2.45, 2.75) is 66.1 Å². The van der Waals surface area contributed by atoms with Crippen molar-refractivity contribution in [2.24, 2.45) is 0 Å². The van der Waals surface area contributed by atoms with E-state index >= 15 is 0 Å². The second kappa shape index (κ2) is 9.52. The summed E-state index contributed by atoms with van der Waals surface area (Å²) in [5.74, 6) is 1.12. The number of benzene rings is 1. The van der Waals surface area contributed by atoms with Crippen LogP contribution in [0.5, 0.6) is 11.5 Å². The molecule has 0 aliphatic rings. The van der Waals surface area contributed by atoms with E-state index in [4.69, 9.17) is 9.47 Å². The van der Waals surface area contributed by atoms with Gasteiger partial charge in [-0.05, 0) is 58.7 Å². The number of nitrogens with one attached hydrogen (secondary N) is 2. The Bertz CT molecular complexity index is 524. The van der Waals surface area contributed by atoms with Crippen LogP contribution in [0.15, 0.2) is 18.2 Å². The minimum absolute atomic E-state index is 0.0260. The first kappa shape index (κ1) is 20.3. The van der Waals surface area contributed by atoms with E-state index in [1.165, 1.54) is 0 Å². The van der Waals surface area contributed by atoms with Gasteiger partial charge in [0, 0.05) is 18.1 Å². The maximum atomic E-state index is 11.9. The summed E-state index contributed by atoms with van der Waals surface area (Å²) in [6.07, 6.45) is 1.09. The Balaban J connectivity index is 2.71. The standard InChI is InChI=1S/C19H32N2O3/c1-7-14(3)20-12-15-9-10-16(17(11-15)23-8-2)24-13-18(22)21-19(4,5)6/h9-11,14,20H,7-8,12-13H2,1-6H3,(H,21,22)/t14-/m1/s1. The molecule has 1 aromatic rings. The first-order valence-corrected chi connectivity index (χ1v) is 8.68. The molecule has 1 aromatic carbocycles. The van der Waals surface area contributed by atoms with E-state index in [9.17, 15) is 4.79 Å². The quantitative estimate of drug-likeness (QED) is 0.727. The van der Waals surface area contributed by atoms with E-state index in [1.54, 1.807) is 0 Å². The van der Waals surface area contributed by atoms with E-state index < -0.39 is 0 Å². The average molecular weight is 336 g/mol. The molecule has 0 unspecified atom stereocenters. The van der Waals surface area contributed by atoms with Gasteiger partial charge in [0.2, 0.25) is 0 Å². The summed E-state index contributed by atoms with van der Waals surface area (Å²) in [4.78, 5) is 11.9. The summed E-state index contributed by atoms with van der Waals surface area (Å²) in [5, 5.41) is 6.33. The molecule has 5 heteroatoms. The molecule has 0 aliphatic carbocycles. The largest absolute Gasteiger partial charge is 0.490 e. The third-order valence-electron chi connectivity index (χ3n) is 3.45. The highest BCUT2D eigenvalue weighted by molar-refractivity contribution is 5.78. The summed E-state index contributed by atoms with van der Waals surface area (Å²) in [5.41, 5.74) is 0.861. The summed E-state index contributed by atoms with van der Waals surface area (Å²) < 4.78 is 11.3. The summed E-state index contributed by atoms with van der Waals surface area (Å²) in [6, 6.07) is 6.30. The normalized spacial score (nSPS) is 12.6. The van der Waals surface area contributed by atoms with Gasteiger partial charge in [0.05, 0.1) is 6.61 Å². The first-order chi connectivity index (χ1) is 11.2. The van der Waals surface area contributed by atoms with Gasteiger partial charge in [-0.2, -0.15) is 0 Å².